The minimum absolute atomic E-state index is 0.409. The molecule has 1 aromatic rings. The summed E-state index contributed by atoms with van der Waals surface area (Å²) in [4.78, 5) is 11.4. The average Bonchev–Trinajstić information content (AvgIpc) is 2.39. The van der Waals surface area contributed by atoms with E-state index in [4.69, 9.17) is 16.3 Å². The molecule has 0 spiro atoms. The number of carbonyl (C=O) groups is 1. The number of carbonyl (C=O) groups excluding carboxylic acids is 1. The maximum atomic E-state index is 11.4. The second-order valence-electron chi connectivity index (χ2n) is 5.72. The van der Waals surface area contributed by atoms with Crippen molar-refractivity contribution in [2.24, 2.45) is 0 Å². The SMILES string of the molecule is CC(C)(C)OC(=O)NC/C=C/CNCc1cc(Cl)ccc1Br. The first-order valence-electron chi connectivity index (χ1n) is 7.04. The zero-order chi connectivity index (χ0) is 16.6. The van der Waals surface area contributed by atoms with E-state index in [9.17, 15) is 4.79 Å². The van der Waals surface area contributed by atoms with Gasteiger partial charge in [-0.25, -0.2) is 4.79 Å². The van der Waals surface area contributed by atoms with Crippen LogP contribution in [-0.4, -0.2) is 24.8 Å². The lowest BCUT2D eigenvalue weighted by molar-refractivity contribution is 0.0534. The molecule has 0 fully saturated rings. The second-order valence-corrected chi connectivity index (χ2v) is 7.01. The Morgan fingerprint density at radius 1 is 1.32 bits per heavy atom. The van der Waals surface area contributed by atoms with Gasteiger partial charge in [0.15, 0.2) is 0 Å². The highest BCUT2D eigenvalue weighted by molar-refractivity contribution is 9.10. The number of benzene rings is 1. The molecule has 0 radical (unpaired) electrons. The summed E-state index contributed by atoms with van der Waals surface area (Å²) >= 11 is 9.45. The van der Waals surface area contributed by atoms with E-state index >= 15 is 0 Å². The van der Waals surface area contributed by atoms with Crippen LogP contribution in [0.1, 0.15) is 26.3 Å². The first kappa shape index (κ1) is 19.0. The van der Waals surface area contributed by atoms with Crippen molar-refractivity contribution < 1.29 is 9.53 Å². The molecule has 0 aliphatic heterocycles. The number of nitrogens with one attached hydrogen (secondary N) is 2. The van der Waals surface area contributed by atoms with Crippen molar-refractivity contribution in [1.29, 1.82) is 0 Å². The third-order valence-corrected chi connectivity index (χ3v) is 3.52. The average molecular weight is 390 g/mol. The summed E-state index contributed by atoms with van der Waals surface area (Å²) in [6, 6.07) is 5.70. The van der Waals surface area contributed by atoms with Gasteiger partial charge in [-0.2, -0.15) is 0 Å². The van der Waals surface area contributed by atoms with Crippen LogP contribution in [0, 0.1) is 0 Å². The van der Waals surface area contributed by atoms with Crippen molar-refractivity contribution in [3.8, 4) is 0 Å². The predicted octanol–water partition coefficient (Wildman–Crippen LogP) is 4.27. The third-order valence-electron chi connectivity index (χ3n) is 2.52. The van der Waals surface area contributed by atoms with Gasteiger partial charge in [-0.3, -0.25) is 0 Å². The van der Waals surface area contributed by atoms with Crippen molar-refractivity contribution in [1.82, 2.24) is 10.6 Å². The molecular weight excluding hydrogens is 368 g/mol. The standard InChI is InChI=1S/C16H22BrClN2O2/c1-16(2,3)22-15(21)20-9-5-4-8-19-11-12-10-13(18)6-7-14(12)17/h4-7,10,19H,8-9,11H2,1-3H3,(H,20,21)/b5-4+. The maximum Gasteiger partial charge on any atom is 0.407 e. The fourth-order valence-corrected chi connectivity index (χ4v) is 2.17. The zero-order valence-corrected chi connectivity index (χ0v) is 15.4. The summed E-state index contributed by atoms with van der Waals surface area (Å²) in [5.74, 6) is 0. The Morgan fingerprint density at radius 2 is 2.00 bits per heavy atom. The van der Waals surface area contributed by atoms with E-state index in [2.05, 4.69) is 26.6 Å². The largest absolute Gasteiger partial charge is 0.444 e. The molecule has 0 saturated carbocycles. The van der Waals surface area contributed by atoms with Crippen LogP contribution in [0.4, 0.5) is 4.79 Å². The van der Waals surface area contributed by atoms with Gasteiger partial charge in [-0.1, -0.05) is 39.7 Å². The molecule has 0 aromatic heterocycles. The number of hydrogen-bond donors (Lipinski definition) is 2. The quantitative estimate of drug-likeness (QED) is 0.564. The van der Waals surface area contributed by atoms with Gasteiger partial charge in [0.1, 0.15) is 5.60 Å². The predicted molar refractivity (Wildman–Crippen MR) is 94.2 cm³/mol. The fraction of sp³-hybridized carbons (Fsp3) is 0.438. The van der Waals surface area contributed by atoms with Crippen LogP contribution in [0.15, 0.2) is 34.8 Å². The van der Waals surface area contributed by atoms with Crippen molar-refractivity contribution in [3.05, 3.63) is 45.4 Å². The summed E-state index contributed by atoms with van der Waals surface area (Å²) in [6.07, 6.45) is 3.42. The fourth-order valence-electron chi connectivity index (χ4n) is 1.59. The van der Waals surface area contributed by atoms with Crippen LogP contribution in [-0.2, 0) is 11.3 Å². The summed E-state index contributed by atoms with van der Waals surface area (Å²) in [6.45, 7) is 7.36. The van der Waals surface area contributed by atoms with Gasteiger partial charge in [0.2, 0.25) is 0 Å². The van der Waals surface area contributed by atoms with Gasteiger partial charge in [-0.05, 0) is 44.5 Å². The third kappa shape index (κ3) is 8.41. The highest BCUT2D eigenvalue weighted by atomic mass is 79.9. The van der Waals surface area contributed by atoms with Gasteiger partial charge in [0, 0.05) is 29.1 Å². The molecule has 0 unspecified atom stereocenters. The lowest BCUT2D eigenvalue weighted by Crippen LogP contribution is -2.32. The Labute approximate surface area is 145 Å². The van der Waals surface area contributed by atoms with E-state index in [1.165, 1.54) is 0 Å². The van der Waals surface area contributed by atoms with Gasteiger partial charge < -0.3 is 15.4 Å². The Hall–Kier alpha value is -1.04. The van der Waals surface area contributed by atoms with Crippen molar-refractivity contribution in [2.45, 2.75) is 32.9 Å². The first-order chi connectivity index (χ1) is 10.3. The summed E-state index contributed by atoms with van der Waals surface area (Å²) in [5, 5.41) is 6.66. The van der Waals surface area contributed by atoms with Crippen LogP contribution in [0.2, 0.25) is 5.02 Å². The van der Waals surface area contributed by atoms with Crippen LogP contribution < -0.4 is 10.6 Å². The number of ether oxygens (including phenoxy) is 1. The second kappa shape index (κ2) is 9.18. The molecule has 0 atom stereocenters. The number of rotatable bonds is 6. The van der Waals surface area contributed by atoms with E-state index in [-0.39, 0.29) is 0 Å². The molecule has 0 bridgehead atoms. The maximum absolute atomic E-state index is 11.4. The molecule has 0 saturated heterocycles. The topological polar surface area (TPSA) is 50.4 Å². The number of alkyl carbamates (subject to hydrolysis) is 1. The Bertz CT molecular complexity index is 527. The monoisotopic (exact) mass is 388 g/mol. The first-order valence-corrected chi connectivity index (χ1v) is 8.21. The molecule has 0 aliphatic rings. The molecule has 0 heterocycles. The van der Waals surface area contributed by atoms with Gasteiger partial charge >= 0.3 is 6.09 Å². The van der Waals surface area contributed by atoms with E-state index in [0.717, 1.165) is 15.1 Å². The van der Waals surface area contributed by atoms with Gasteiger partial charge in [0.25, 0.3) is 0 Å². The molecule has 1 rings (SSSR count). The lowest BCUT2D eigenvalue weighted by Gasteiger charge is -2.19. The van der Waals surface area contributed by atoms with E-state index < -0.39 is 11.7 Å². The number of halogens is 2. The Balaban J connectivity index is 2.19. The van der Waals surface area contributed by atoms with Crippen LogP contribution in [0.5, 0.6) is 0 Å². The number of amides is 1. The molecule has 2 N–H and O–H groups in total. The smallest absolute Gasteiger partial charge is 0.407 e. The van der Waals surface area contributed by atoms with Gasteiger partial charge in [-0.15, -0.1) is 0 Å². The molecule has 122 valence electrons. The van der Waals surface area contributed by atoms with Gasteiger partial charge in [0.05, 0.1) is 0 Å². The lowest BCUT2D eigenvalue weighted by atomic mass is 10.2. The summed E-state index contributed by atoms with van der Waals surface area (Å²) in [5.41, 5.74) is 0.632. The molecule has 1 aromatic carbocycles. The minimum atomic E-state index is -0.473. The van der Waals surface area contributed by atoms with E-state index in [1.54, 1.807) is 0 Å². The molecule has 22 heavy (non-hydrogen) atoms. The Morgan fingerprint density at radius 3 is 2.68 bits per heavy atom. The summed E-state index contributed by atoms with van der Waals surface area (Å²) in [7, 11) is 0. The zero-order valence-electron chi connectivity index (χ0n) is 13.1. The minimum Gasteiger partial charge on any atom is -0.444 e. The van der Waals surface area contributed by atoms with E-state index in [0.29, 0.717) is 19.6 Å². The molecule has 4 nitrogen and oxygen atoms in total. The normalized spacial score (nSPS) is 11.7. The van der Waals surface area contributed by atoms with Crippen molar-refractivity contribution in [2.75, 3.05) is 13.1 Å². The molecule has 1 amide bonds. The highest BCUT2D eigenvalue weighted by Gasteiger charge is 2.14. The van der Waals surface area contributed by atoms with Crippen LogP contribution in [0.25, 0.3) is 0 Å². The molecular formula is C16H22BrClN2O2. The van der Waals surface area contributed by atoms with Crippen molar-refractivity contribution >= 4 is 33.6 Å². The Kier molecular flexibility index (Phi) is 7.93. The van der Waals surface area contributed by atoms with Crippen LogP contribution >= 0.6 is 27.5 Å². The van der Waals surface area contributed by atoms with Crippen LogP contribution in [0.3, 0.4) is 0 Å². The number of hydrogen-bond acceptors (Lipinski definition) is 3. The molecule has 6 heteroatoms. The highest BCUT2D eigenvalue weighted by Crippen LogP contribution is 2.20. The molecule has 0 aliphatic carbocycles. The summed E-state index contributed by atoms with van der Waals surface area (Å²) < 4.78 is 6.16. The van der Waals surface area contributed by atoms with E-state index in [1.807, 2.05) is 51.1 Å². The van der Waals surface area contributed by atoms with Crippen molar-refractivity contribution in [3.63, 3.8) is 0 Å².